The molecule has 0 unspecified atom stereocenters. The lowest BCUT2D eigenvalue weighted by Gasteiger charge is -2.19. The molecular formula is C10H11FINO2. The Bertz CT molecular complexity index is 387. The maximum absolute atomic E-state index is 13.3. The van der Waals surface area contributed by atoms with Crippen molar-refractivity contribution in [2.24, 2.45) is 0 Å². The monoisotopic (exact) mass is 323 g/mol. The lowest BCUT2D eigenvalue weighted by atomic mass is 10.2. The number of halogens is 2. The fourth-order valence-corrected chi connectivity index (χ4v) is 1.30. The molecule has 1 aromatic heterocycles. The normalized spacial score (nSPS) is 11.3. The van der Waals surface area contributed by atoms with E-state index >= 15 is 0 Å². The SMILES string of the molecule is CC(C)(C)OC(=O)c1ncc(I)cc1F. The third kappa shape index (κ3) is 3.73. The average molecular weight is 323 g/mol. The molecule has 0 aliphatic carbocycles. The Balaban J connectivity index is 2.92. The molecule has 5 heteroatoms. The van der Waals surface area contributed by atoms with Gasteiger partial charge in [-0.2, -0.15) is 0 Å². The number of hydrogen-bond acceptors (Lipinski definition) is 3. The number of rotatable bonds is 1. The Morgan fingerprint density at radius 2 is 2.13 bits per heavy atom. The number of aromatic nitrogens is 1. The highest BCUT2D eigenvalue weighted by atomic mass is 127. The van der Waals surface area contributed by atoms with Gasteiger partial charge in [-0.25, -0.2) is 14.2 Å². The van der Waals surface area contributed by atoms with E-state index in [9.17, 15) is 9.18 Å². The summed E-state index contributed by atoms with van der Waals surface area (Å²) in [6.07, 6.45) is 1.42. The summed E-state index contributed by atoms with van der Waals surface area (Å²) >= 11 is 1.92. The molecule has 0 saturated heterocycles. The van der Waals surface area contributed by atoms with Gasteiger partial charge in [0.15, 0.2) is 11.5 Å². The van der Waals surface area contributed by atoms with Crippen LogP contribution in [0.5, 0.6) is 0 Å². The number of carbonyl (C=O) groups excluding carboxylic acids is 1. The Kier molecular flexibility index (Phi) is 3.64. The third-order valence-electron chi connectivity index (χ3n) is 1.40. The number of hydrogen-bond donors (Lipinski definition) is 0. The van der Waals surface area contributed by atoms with E-state index in [1.165, 1.54) is 12.3 Å². The highest BCUT2D eigenvalue weighted by molar-refractivity contribution is 14.1. The summed E-state index contributed by atoms with van der Waals surface area (Å²) in [5, 5.41) is 0. The van der Waals surface area contributed by atoms with E-state index in [4.69, 9.17) is 4.74 Å². The second-order valence-electron chi connectivity index (χ2n) is 3.99. The van der Waals surface area contributed by atoms with Crippen LogP contribution in [0.4, 0.5) is 4.39 Å². The lowest BCUT2D eigenvalue weighted by molar-refractivity contribution is 0.00575. The summed E-state index contributed by atoms with van der Waals surface area (Å²) < 4.78 is 18.9. The summed E-state index contributed by atoms with van der Waals surface area (Å²) in [4.78, 5) is 15.2. The van der Waals surface area contributed by atoms with E-state index in [0.717, 1.165) is 0 Å². The topological polar surface area (TPSA) is 39.2 Å². The van der Waals surface area contributed by atoms with Gasteiger partial charge in [0.1, 0.15) is 5.60 Å². The van der Waals surface area contributed by atoms with Gasteiger partial charge in [-0.05, 0) is 49.4 Å². The molecule has 0 aliphatic heterocycles. The fraction of sp³-hybridized carbons (Fsp3) is 0.400. The molecule has 0 N–H and O–H groups in total. The van der Waals surface area contributed by atoms with E-state index in [1.807, 2.05) is 22.6 Å². The fourth-order valence-electron chi connectivity index (χ4n) is 0.891. The van der Waals surface area contributed by atoms with Crippen LogP contribution in [-0.2, 0) is 4.74 Å². The van der Waals surface area contributed by atoms with E-state index in [0.29, 0.717) is 3.57 Å². The summed E-state index contributed by atoms with van der Waals surface area (Å²) in [6, 6.07) is 1.24. The molecule has 3 nitrogen and oxygen atoms in total. The average Bonchev–Trinajstić information content (AvgIpc) is 1.99. The van der Waals surface area contributed by atoms with Gasteiger partial charge >= 0.3 is 5.97 Å². The van der Waals surface area contributed by atoms with Gasteiger partial charge in [0.05, 0.1) is 0 Å². The molecule has 0 amide bonds. The molecule has 15 heavy (non-hydrogen) atoms. The zero-order valence-electron chi connectivity index (χ0n) is 8.67. The van der Waals surface area contributed by atoms with Gasteiger partial charge in [0.2, 0.25) is 0 Å². The smallest absolute Gasteiger partial charge is 0.360 e. The van der Waals surface area contributed by atoms with Gasteiger partial charge in [0.25, 0.3) is 0 Å². The quantitative estimate of drug-likeness (QED) is 0.589. The van der Waals surface area contributed by atoms with Gasteiger partial charge in [-0.15, -0.1) is 0 Å². The number of carbonyl (C=O) groups is 1. The maximum atomic E-state index is 13.3. The van der Waals surface area contributed by atoms with Crippen LogP contribution in [0.15, 0.2) is 12.3 Å². The van der Waals surface area contributed by atoms with Crippen LogP contribution >= 0.6 is 22.6 Å². The van der Waals surface area contributed by atoms with Crippen molar-refractivity contribution in [3.8, 4) is 0 Å². The van der Waals surface area contributed by atoms with E-state index in [-0.39, 0.29) is 5.69 Å². The van der Waals surface area contributed by atoms with Crippen LogP contribution in [0.1, 0.15) is 31.3 Å². The van der Waals surface area contributed by atoms with Crippen LogP contribution in [0.25, 0.3) is 0 Å². The molecular weight excluding hydrogens is 312 g/mol. The van der Waals surface area contributed by atoms with Gasteiger partial charge in [-0.3, -0.25) is 0 Å². The first-order valence-corrected chi connectivity index (χ1v) is 5.42. The predicted molar refractivity (Wildman–Crippen MR) is 62.1 cm³/mol. The number of ether oxygens (including phenoxy) is 1. The summed E-state index contributed by atoms with van der Waals surface area (Å²) in [5.41, 5.74) is -0.917. The largest absolute Gasteiger partial charge is 0.455 e. The van der Waals surface area contributed by atoms with Crippen molar-refractivity contribution in [2.45, 2.75) is 26.4 Å². The molecule has 0 spiro atoms. The van der Waals surface area contributed by atoms with Crippen LogP contribution in [0.2, 0.25) is 0 Å². The first kappa shape index (κ1) is 12.4. The molecule has 0 aromatic carbocycles. The minimum Gasteiger partial charge on any atom is -0.455 e. The zero-order valence-corrected chi connectivity index (χ0v) is 10.8. The molecule has 1 rings (SSSR count). The van der Waals surface area contributed by atoms with Crippen molar-refractivity contribution in [3.05, 3.63) is 27.3 Å². The van der Waals surface area contributed by atoms with Crippen molar-refractivity contribution in [2.75, 3.05) is 0 Å². The molecule has 0 bridgehead atoms. The van der Waals surface area contributed by atoms with Crippen LogP contribution in [0, 0.1) is 9.39 Å². The predicted octanol–water partition coefficient (Wildman–Crippen LogP) is 2.78. The Labute approximate surface area is 101 Å². The van der Waals surface area contributed by atoms with Gasteiger partial charge in [-0.1, -0.05) is 0 Å². The number of pyridine rings is 1. The molecule has 0 saturated carbocycles. The van der Waals surface area contributed by atoms with Gasteiger partial charge < -0.3 is 4.74 Å². The van der Waals surface area contributed by atoms with E-state index in [1.54, 1.807) is 20.8 Å². The molecule has 0 radical (unpaired) electrons. The first-order chi connectivity index (χ1) is 6.79. The molecule has 0 atom stereocenters. The Morgan fingerprint density at radius 3 is 2.60 bits per heavy atom. The zero-order chi connectivity index (χ0) is 11.6. The van der Waals surface area contributed by atoms with Crippen molar-refractivity contribution < 1.29 is 13.9 Å². The van der Waals surface area contributed by atoms with Crippen LogP contribution in [0.3, 0.4) is 0 Å². The maximum Gasteiger partial charge on any atom is 0.360 e. The van der Waals surface area contributed by atoms with Gasteiger partial charge in [0, 0.05) is 9.77 Å². The van der Waals surface area contributed by atoms with Crippen LogP contribution < -0.4 is 0 Å². The van der Waals surface area contributed by atoms with E-state index in [2.05, 4.69) is 4.98 Å². The lowest BCUT2D eigenvalue weighted by Crippen LogP contribution is -2.25. The minimum atomic E-state index is -0.739. The first-order valence-electron chi connectivity index (χ1n) is 4.34. The number of esters is 1. The van der Waals surface area contributed by atoms with Crippen molar-refractivity contribution in [1.29, 1.82) is 0 Å². The highest BCUT2D eigenvalue weighted by Gasteiger charge is 2.21. The van der Waals surface area contributed by atoms with Crippen molar-refractivity contribution >= 4 is 28.6 Å². The van der Waals surface area contributed by atoms with Crippen molar-refractivity contribution in [1.82, 2.24) is 4.98 Å². The minimum absolute atomic E-state index is 0.273. The molecule has 1 heterocycles. The van der Waals surface area contributed by atoms with Crippen LogP contribution in [-0.4, -0.2) is 16.6 Å². The molecule has 1 aromatic rings. The summed E-state index contributed by atoms with van der Waals surface area (Å²) in [5.74, 6) is -1.40. The molecule has 82 valence electrons. The summed E-state index contributed by atoms with van der Waals surface area (Å²) in [6.45, 7) is 5.15. The highest BCUT2D eigenvalue weighted by Crippen LogP contribution is 2.14. The Hall–Kier alpha value is -0.720. The van der Waals surface area contributed by atoms with Crippen molar-refractivity contribution in [3.63, 3.8) is 0 Å². The number of nitrogens with zero attached hydrogens (tertiary/aromatic N) is 1. The second kappa shape index (κ2) is 4.42. The standard InChI is InChI=1S/C10H11FINO2/c1-10(2,3)15-9(14)8-7(11)4-6(12)5-13-8/h4-5H,1-3H3. The van der Waals surface area contributed by atoms with E-state index < -0.39 is 17.4 Å². The summed E-state index contributed by atoms with van der Waals surface area (Å²) in [7, 11) is 0. The molecule has 0 fully saturated rings. The molecule has 0 aliphatic rings. The Morgan fingerprint density at radius 1 is 1.53 bits per heavy atom. The second-order valence-corrected chi connectivity index (χ2v) is 5.23. The third-order valence-corrected chi connectivity index (χ3v) is 1.99.